The summed E-state index contributed by atoms with van der Waals surface area (Å²) >= 11 is 7.38. The molecule has 5 atom stereocenters. The molecule has 0 spiro atoms. The molecule has 33 heavy (non-hydrogen) atoms. The number of hydrogen-bond donors (Lipinski definition) is 4. The van der Waals surface area contributed by atoms with Gasteiger partial charge in [-0.3, -0.25) is 0 Å². The molecule has 2 aromatic carbocycles. The van der Waals surface area contributed by atoms with Crippen molar-refractivity contribution >= 4 is 34.3 Å². The summed E-state index contributed by atoms with van der Waals surface area (Å²) in [5.74, 6) is -0.0109. The van der Waals surface area contributed by atoms with Crippen LogP contribution in [0.5, 0.6) is 5.75 Å². The molecule has 0 aliphatic carbocycles. The fourth-order valence-electron chi connectivity index (χ4n) is 3.82. The molecule has 10 heteroatoms. The van der Waals surface area contributed by atoms with E-state index < -0.39 is 43.1 Å². The Morgan fingerprint density at radius 1 is 1.09 bits per heavy atom. The standard InChI is InChI=1S/C23H25ClFNO6S/c1-11(2)31-13-4-6-18(15(25)8-13)33-19-9-26(16-7-12(24)3-5-14(16)19)23-22(30)21(29)20(28)17(10-27)32-23/h3-9,11,17,20-23,27-30H,10H2,1-2H3/t17-,20-,21+,22-,23-/m1/s1. The van der Waals surface area contributed by atoms with Crippen LogP contribution in [0.3, 0.4) is 0 Å². The molecule has 1 aromatic heterocycles. The summed E-state index contributed by atoms with van der Waals surface area (Å²) in [4.78, 5) is 1.03. The van der Waals surface area contributed by atoms with E-state index in [2.05, 4.69) is 0 Å². The van der Waals surface area contributed by atoms with E-state index in [4.69, 9.17) is 21.1 Å². The molecule has 7 nitrogen and oxygen atoms in total. The number of halogens is 2. The Balaban J connectivity index is 1.73. The van der Waals surface area contributed by atoms with Gasteiger partial charge in [0.25, 0.3) is 0 Å². The van der Waals surface area contributed by atoms with Crippen LogP contribution < -0.4 is 4.74 Å². The topological polar surface area (TPSA) is 104 Å². The van der Waals surface area contributed by atoms with E-state index >= 15 is 0 Å². The van der Waals surface area contributed by atoms with Gasteiger partial charge in [-0.15, -0.1) is 0 Å². The molecule has 4 rings (SSSR count). The Kier molecular flexibility index (Phi) is 7.20. The molecule has 0 amide bonds. The zero-order valence-corrected chi connectivity index (χ0v) is 19.5. The number of fused-ring (bicyclic) bond motifs is 1. The molecule has 0 unspecified atom stereocenters. The zero-order valence-electron chi connectivity index (χ0n) is 17.9. The summed E-state index contributed by atoms with van der Waals surface area (Å²) in [6.07, 6.45) is -5.06. The van der Waals surface area contributed by atoms with Crippen LogP contribution in [0.2, 0.25) is 5.02 Å². The molecule has 0 saturated carbocycles. The van der Waals surface area contributed by atoms with Crippen molar-refractivity contribution in [3.8, 4) is 5.75 Å². The van der Waals surface area contributed by atoms with Crippen molar-refractivity contribution in [3.05, 3.63) is 53.4 Å². The fourth-order valence-corrected chi connectivity index (χ4v) is 4.97. The highest BCUT2D eigenvalue weighted by atomic mass is 35.5. The van der Waals surface area contributed by atoms with Crippen molar-refractivity contribution in [2.45, 2.75) is 60.4 Å². The number of benzene rings is 2. The lowest BCUT2D eigenvalue weighted by Crippen LogP contribution is -2.56. The Bertz CT molecular complexity index is 1140. The molecule has 3 aromatic rings. The number of aliphatic hydroxyl groups is 4. The molecular formula is C23H25ClFNO6S. The van der Waals surface area contributed by atoms with Crippen LogP contribution in [0, 0.1) is 5.82 Å². The van der Waals surface area contributed by atoms with Gasteiger partial charge in [-0.1, -0.05) is 29.4 Å². The highest BCUT2D eigenvalue weighted by Crippen LogP contribution is 2.41. The summed E-state index contributed by atoms with van der Waals surface area (Å²) in [7, 11) is 0. The quantitative estimate of drug-likeness (QED) is 0.414. The summed E-state index contributed by atoms with van der Waals surface area (Å²) in [5, 5.41) is 41.6. The van der Waals surface area contributed by atoms with E-state index in [0.29, 0.717) is 26.1 Å². The highest BCUT2D eigenvalue weighted by molar-refractivity contribution is 7.99. The summed E-state index contributed by atoms with van der Waals surface area (Å²) in [6.45, 7) is 3.18. The number of aliphatic hydroxyl groups excluding tert-OH is 4. The average molecular weight is 498 g/mol. The molecule has 4 N–H and O–H groups in total. The molecule has 1 aliphatic rings. The van der Waals surface area contributed by atoms with E-state index in [0.717, 1.165) is 5.39 Å². The largest absolute Gasteiger partial charge is 0.491 e. The second-order valence-corrected chi connectivity index (χ2v) is 9.66. The minimum absolute atomic E-state index is 0.0795. The maximum absolute atomic E-state index is 14.8. The van der Waals surface area contributed by atoms with Crippen LogP contribution >= 0.6 is 23.4 Å². The third-order valence-electron chi connectivity index (χ3n) is 5.40. The van der Waals surface area contributed by atoms with Gasteiger partial charge in [-0.05, 0) is 38.1 Å². The summed E-state index contributed by atoms with van der Waals surface area (Å²) in [5.41, 5.74) is 0.578. The number of rotatable bonds is 6. The zero-order chi connectivity index (χ0) is 23.9. The summed E-state index contributed by atoms with van der Waals surface area (Å²) in [6, 6.07) is 9.79. The van der Waals surface area contributed by atoms with Crippen molar-refractivity contribution < 1.29 is 34.3 Å². The molecular weight excluding hydrogens is 473 g/mol. The Morgan fingerprint density at radius 2 is 1.85 bits per heavy atom. The first-order valence-corrected chi connectivity index (χ1v) is 11.6. The SMILES string of the molecule is CC(C)Oc1ccc(Sc2cn([C@@H]3O[C@H](CO)[C@@H](O)[C@H](O)[C@H]3O)c3cc(Cl)ccc23)c(F)c1. The van der Waals surface area contributed by atoms with Gasteiger partial charge in [0, 0.05) is 32.5 Å². The molecule has 0 bridgehead atoms. The number of hydrogen-bond acceptors (Lipinski definition) is 7. The van der Waals surface area contributed by atoms with Crippen molar-refractivity contribution in [1.82, 2.24) is 4.57 Å². The van der Waals surface area contributed by atoms with Crippen LogP contribution in [0.1, 0.15) is 20.1 Å². The van der Waals surface area contributed by atoms with E-state index in [1.165, 1.54) is 17.8 Å². The molecule has 1 aliphatic heterocycles. The van der Waals surface area contributed by atoms with Gasteiger partial charge in [0.2, 0.25) is 0 Å². The molecule has 1 saturated heterocycles. The highest BCUT2D eigenvalue weighted by Gasteiger charge is 2.44. The van der Waals surface area contributed by atoms with Gasteiger partial charge in [-0.2, -0.15) is 0 Å². The smallest absolute Gasteiger partial charge is 0.163 e. The molecule has 2 heterocycles. The van der Waals surface area contributed by atoms with Crippen LogP contribution in [0.4, 0.5) is 4.39 Å². The van der Waals surface area contributed by atoms with Crippen molar-refractivity contribution in [2.24, 2.45) is 0 Å². The van der Waals surface area contributed by atoms with E-state index in [1.54, 1.807) is 41.1 Å². The number of aromatic nitrogens is 1. The van der Waals surface area contributed by atoms with Crippen LogP contribution in [0.25, 0.3) is 10.9 Å². The third kappa shape index (κ3) is 4.85. The van der Waals surface area contributed by atoms with E-state index in [9.17, 15) is 24.8 Å². The van der Waals surface area contributed by atoms with Crippen LogP contribution in [0.15, 0.2) is 52.4 Å². The predicted octanol–water partition coefficient (Wildman–Crippen LogP) is 3.34. The van der Waals surface area contributed by atoms with Crippen LogP contribution in [-0.4, -0.2) is 62.1 Å². The Hall–Kier alpha value is -1.85. The van der Waals surface area contributed by atoms with Gasteiger partial charge in [0.15, 0.2) is 6.23 Å². The lowest BCUT2D eigenvalue weighted by Gasteiger charge is -2.40. The first-order chi connectivity index (χ1) is 15.7. The normalized spacial score (nSPS) is 25.7. The van der Waals surface area contributed by atoms with E-state index in [-0.39, 0.29) is 6.10 Å². The molecule has 1 fully saturated rings. The summed E-state index contributed by atoms with van der Waals surface area (Å²) < 4.78 is 27.6. The Morgan fingerprint density at radius 3 is 2.52 bits per heavy atom. The minimum Gasteiger partial charge on any atom is -0.491 e. The van der Waals surface area contributed by atoms with Gasteiger partial charge in [-0.25, -0.2) is 4.39 Å². The number of nitrogens with zero attached hydrogens (tertiary/aromatic N) is 1. The number of ether oxygens (including phenoxy) is 2. The van der Waals surface area contributed by atoms with Gasteiger partial charge in [0.1, 0.15) is 36.0 Å². The predicted molar refractivity (Wildman–Crippen MR) is 122 cm³/mol. The molecule has 0 radical (unpaired) electrons. The van der Waals surface area contributed by atoms with Gasteiger partial charge in [0.05, 0.1) is 18.2 Å². The Labute approximate surface area is 199 Å². The van der Waals surface area contributed by atoms with Gasteiger partial charge >= 0.3 is 0 Å². The van der Waals surface area contributed by atoms with Crippen LogP contribution in [-0.2, 0) is 4.74 Å². The maximum atomic E-state index is 14.8. The first-order valence-electron chi connectivity index (χ1n) is 10.4. The van der Waals surface area contributed by atoms with E-state index in [1.807, 2.05) is 13.8 Å². The monoisotopic (exact) mass is 497 g/mol. The minimum atomic E-state index is -1.53. The maximum Gasteiger partial charge on any atom is 0.163 e. The van der Waals surface area contributed by atoms with Crippen molar-refractivity contribution in [3.63, 3.8) is 0 Å². The lowest BCUT2D eigenvalue weighted by molar-refractivity contribution is -0.250. The van der Waals surface area contributed by atoms with Gasteiger partial charge < -0.3 is 34.5 Å². The average Bonchev–Trinajstić information content (AvgIpc) is 3.11. The lowest BCUT2D eigenvalue weighted by atomic mass is 9.98. The second kappa shape index (κ2) is 9.79. The van der Waals surface area contributed by atoms with Crippen molar-refractivity contribution in [1.29, 1.82) is 0 Å². The van der Waals surface area contributed by atoms with Crippen molar-refractivity contribution in [2.75, 3.05) is 6.61 Å². The third-order valence-corrected chi connectivity index (χ3v) is 6.73. The molecule has 178 valence electrons. The first kappa shape index (κ1) is 24.3. The second-order valence-electron chi connectivity index (χ2n) is 8.14. The fraction of sp³-hybridized carbons (Fsp3) is 0.391.